The van der Waals surface area contributed by atoms with Crippen LogP contribution in [0, 0.1) is 0 Å². The van der Waals surface area contributed by atoms with Crippen LogP contribution in [-0.2, 0) is 0 Å². The Kier molecular flexibility index (Phi) is 4.82. The maximum absolute atomic E-state index is 12.3. The molecule has 0 atom stereocenters. The summed E-state index contributed by atoms with van der Waals surface area (Å²) in [5, 5.41) is 6.84. The molecule has 0 unspecified atom stereocenters. The normalized spacial score (nSPS) is 18.1. The van der Waals surface area contributed by atoms with E-state index in [9.17, 15) is 4.79 Å². The molecule has 2 aliphatic rings. The molecule has 1 saturated heterocycles. The van der Waals surface area contributed by atoms with E-state index in [1.165, 1.54) is 26.4 Å². The average molecular weight is 340 g/mol. The zero-order valence-electron chi connectivity index (χ0n) is 13.4. The first-order valence-corrected chi connectivity index (χ1v) is 8.22. The fourth-order valence-corrected chi connectivity index (χ4v) is 3.05. The highest BCUT2D eigenvalue weighted by Gasteiger charge is 2.33. The molecule has 1 aliphatic carbocycles. The predicted molar refractivity (Wildman–Crippen MR) is 89.7 cm³/mol. The van der Waals surface area contributed by atoms with Crippen molar-refractivity contribution < 1.29 is 14.3 Å². The second kappa shape index (κ2) is 6.84. The second-order valence-corrected chi connectivity index (χ2v) is 6.42. The zero-order valence-corrected chi connectivity index (χ0v) is 14.2. The van der Waals surface area contributed by atoms with E-state index in [-0.39, 0.29) is 6.03 Å². The van der Waals surface area contributed by atoms with Gasteiger partial charge in [-0.25, -0.2) is 4.79 Å². The number of halogens is 1. The fourth-order valence-electron chi connectivity index (χ4n) is 2.81. The molecule has 23 heavy (non-hydrogen) atoms. The number of hydrogen-bond donors (Lipinski definition) is 2. The minimum atomic E-state index is -0.142. The quantitative estimate of drug-likeness (QED) is 0.865. The summed E-state index contributed by atoms with van der Waals surface area (Å²) in [4.78, 5) is 14.1. The van der Waals surface area contributed by atoms with E-state index in [1.807, 2.05) is 0 Å². The summed E-state index contributed by atoms with van der Waals surface area (Å²) in [7, 11) is 3.08. The molecule has 2 N–H and O–H groups in total. The molecule has 6 nitrogen and oxygen atoms in total. The Bertz CT molecular complexity index is 586. The van der Waals surface area contributed by atoms with Crippen molar-refractivity contribution in [2.45, 2.75) is 31.3 Å². The minimum absolute atomic E-state index is 0.142. The van der Waals surface area contributed by atoms with Crippen molar-refractivity contribution in [3.8, 4) is 11.5 Å². The van der Waals surface area contributed by atoms with Gasteiger partial charge in [0.15, 0.2) is 0 Å². The lowest BCUT2D eigenvalue weighted by Crippen LogP contribution is -2.63. The number of anilines is 1. The van der Waals surface area contributed by atoms with Gasteiger partial charge in [-0.2, -0.15) is 0 Å². The van der Waals surface area contributed by atoms with Crippen LogP contribution in [0.1, 0.15) is 19.3 Å². The molecular weight excluding hydrogens is 318 g/mol. The van der Waals surface area contributed by atoms with Crippen LogP contribution >= 0.6 is 11.6 Å². The first-order chi connectivity index (χ1) is 11.1. The Labute approximate surface area is 141 Å². The van der Waals surface area contributed by atoms with Crippen LogP contribution < -0.4 is 20.1 Å². The van der Waals surface area contributed by atoms with Crippen molar-refractivity contribution >= 4 is 23.3 Å². The van der Waals surface area contributed by atoms with Gasteiger partial charge in [0.05, 0.1) is 24.9 Å². The Balaban J connectivity index is 1.56. The Morgan fingerprint density at radius 2 is 1.87 bits per heavy atom. The molecule has 1 aromatic carbocycles. The van der Waals surface area contributed by atoms with E-state index < -0.39 is 0 Å². The monoisotopic (exact) mass is 339 g/mol. The molecule has 1 aromatic rings. The maximum Gasteiger partial charge on any atom is 0.322 e. The van der Waals surface area contributed by atoms with Gasteiger partial charge < -0.3 is 25.0 Å². The van der Waals surface area contributed by atoms with Crippen LogP contribution in [0.2, 0.25) is 5.02 Å². The third-order valence-corrected chi connectivity index (χ3v) is 4.76. The molecule has 0 radical (unpaired) electrons. The summed E-state index contributed by atoms with van der Waals surface area (Å²) in [5.74, 6) is 1.03. The van der Waals surface area contributed by atoms with Gasteiger partial charge in [-0.15, -0.1) is 0 Å². The standard InChI is InChI=1S/C16H22ClN3O3/c1-22-14-7-15(23-2)13(6-12(14)17)19-16(21)20-8-11(9-20)18-10-4-3-5-10/h6-7,10-11,18H,3-5,8-9H2,1-2H3,(H,19,21). The molecule has 0 bridgehead atoms. The molecule has 126 valence electrons. The van der Waals surface area contributed by atoms with Crippen molar-refractivity contribution in [3.63, 3.8) is 0 Å². The predicted octanol–water partition coefficient (Wildman–Crippen LogP) is 2.72. The number of benzene rings is 1. The first-order valence-electron chi connectivity index (χ1n) is 7.84. The van der Waals surface area contributed by atoms with Gasteiger partial charge in [0, 0.05) is 31.2 Å². The number of carbonyl (C=O) groups excluding carboxylic acids is 1. The molecule has 0 aromatic heterocycles. The fraction of sp³-hybridized carbons (Fsp3) is 0.562. The third-order valence-electron chi connectivity index (χ3n) is 4.46. The smallest absolute Gasteiger partial charge is 0.322 e. The SMILES string of the molecule is COc1cc(OC)c(NC(=O)N2CC(NC3CCC3)C2)cc1Cl. The average Bonchev–Trinajstić information content (AvgIpc) is 2.44. The largest absolute Gasteiger partial charge is 0.495 e. The molecule has 1 aliphatic heterocycles. The summed E-state index contributed by atoms with van der Waals surface area (Å²) >= 11 is 6.12. The van der Waals surface area contributed by atoms with Crippen LogP contribution in [0.15, 0.2) is 12.1 Å². The van der Waals surface area contributed by atoms with Crippen molar-refractivity contribution in [2.75, 3.05) is 32.6 Å². The van der Waals surface area contributed by atoms with Crippen LogP contribution in [0.3, 0.4) is 0 Å². The first kappa shape index (κ1) is 16.2. The molecule has 0 spiro atoms. The molecular formula is C16H22ClN3O3. The van der Waals surface area contributed by atoms with Crippen LogP contribution in [0.25, 0.3) is 0 Å². The maximum atomic E-state index is 12.3. The van der Waals surface area contributed by atoms with Crippen molar-refractivity contribution in [1.29, 1.82) is 0 Å². The number of nitrogens with one attached hydrogen (secondary N) is 2. The van der Waals surface area contributed by atoms with E-state index in [1.54, 1.807) is 24.1 Å². The highest BCUT2D eigenvalue weighted by atomic mass is 35.5. The Hall–Kier alpha value is -1.66. The van der Waals surface area contributed by atoms with Gasteiger partial charge >= 0.3 is 6.03 Å². The summed E-state index contributed by atoms with van der Waals surface area (Å²) in [6.07, 6.45) is 3.82. The van der Waals surface area contributed by atoms with Crippen LogP contribution in [-0.4, -0.2) is 50.3 Å². The third kappa shape index (κ3) is 3.48. The van der Waals surface area contributed by atoms with Gasteiger partial charge in [-0.3, -0.25) is 0 Å². The number of ether oxygens (including phenoxy) is 2. The summed E-state index contributed by atoms with van der Waals surface area (Å²) in [6.45, 7) is 1.46. The van der Waals surface area contributed by atoms with E-state index in [0.29, 0.717) is 34.3 Å². The van der Waals surface area contributed by atoms with Crippen molar-refractivity contribution in [1.82, 2.24) is 10.2 Å². The van der Waals surface area contributed by atoms with Crippen molar-refractivity contribution in [3.05, 3.63) is 17.2 Å². The summed E-state index contributed by atoms with van der Waals surface area (Å²) in [6, 6.07) is 4.21. The highest BCUT2D eigenvalue weighted by Crippen LogP contribution is 2.36. The number of urea groups is 1. The topological polar surface area (TPSA) is 62.8 Å². The van der Waals surface area contributed by atoms with E-state index in [2.05, 4.69) is 10.6 Å². The van der Waals surface area contributed by atoms with Crippen LogP contribution in [0.5, 0.6) is 11.5 Å². The number of nitrogens with zero attached hydrogens (tertiary/aromatic N) is 1. The van der Waals surface area contributed by atoms with Gasteiger partial charge in [0.1, 0.15) is 11.5 Å². The van der Waals surface area contributed by atoms with Gasteiger partial charge in [-0.1, -0.05) is 18.0 Å². The molecule has 2 fully saturated rings. The van der Waals surface area contributed by atoms with E-state index in [0.717, 1.165) is 13.1 Å². The highest BCUT2D eigenvalue weighted by molar-refractivity contribution is 6.32. The number of likely N-dealkylation sites (tertiary alicyclic amines) is 1. The lowest BCUT2D eigenvalue weighted by atomic mass is 9.91. The molecule has 1 heterocycles. The lowest BCUT2D eigenvalue weighted by molar-refractivity contribution is 0.132. The van der Waals surface area contributed by atoms with Crippen molar-refractivity contribution in [2.24, 2.45) is 0 Å². The minimum Gasteiger partial charge on any atom is -0.495 e. The zero-order chi connectivity index (χ0) is 16.4. The second-order valence-electron chi connectivity index (χ2n) is 6.01. The van der Waals surface area contributed by atoms with Crippen LogP contribution in [0.4, 0.5) is 10.5 Å². The number of rotatable bonds is 5. The summed E-state index contributed by atoms with van der Waals surface area (Å²) in [5.41, 5.74) is 0.540. The molecule has 3 rings (SSSR count). The van der Waals surface area contributed by atoms with Gasteiger partial charge in [-0.05, 0) is 18.9 Å². The molecule has 2 amide bonds. The number of amides is 2. The summed E-state index contributed by atoms with van der Waals surface area (Å²) < 4.78 is 10.4. The van der Waals surface area contributed by atoms with E-state index in [4.69, 9.17) is 21.1 Å². The molecule has 1 saturated carbocycles. The van der Waals surface area contributed by atoms with E-state index >= 15 is 0 Å². The Morgan fingerprint density at radius 1 is 1.17 bits per heavy atom. The van der Waals surface area contributed by atoms with Gasteiger partial charge in [0.2, 0.25) is 0 Å². The van der Waals surface area contributed by atoms with Gasteiger partial charge in [0.25, 0.3) is 0 Å². The Morgan fingerprint density at radius 3 is 2.43 bits per heavy atom. The number of carbonyl (C=O) groups is 1. The lowest BCUT2D eigenvalue weighted by Gasteiger charge is -2.43. The number of methoxy groups -OCH3 is 2. The number of hydrogen-bond acceptors (Lipinski definition) is 4. The molecule has 7 heteroatoms.